The third-order valence-electron chi connectivity index (χ3n) is 1.86. The average Bonchev–Trinajstić information content (AvgIpc) is 2.18. The molecule has 2 rings (SSSR count). The van der Waals surface area contributed by atoms with Crippen LogP contribution in [0.2, 0.25) is 5.02 Å². The maximum Gasteiger partial charge on any atom is 0.148 e. The molecule has 0 saturated heterocycles. The molecule has 0 saturated carbocycles. The summed E-state index contributed by atoms with van der Waals surface area (Å²) in [4.78, 5) is 3.95. The van der Waals surface area contributed by atoms with Crippen molar-refractivity contribution in [2.75, 3.05) is 0 Å². The van der Waals surface area contributed by atoms with Crippen LogP contribution < -0.4 is 0 Å². The summed E-state index contributed by atoms with van der Waals surface area (Å²) in [6.07, 6.45) is 1.59. The second-order valence-electron chi connectivity index (χ2n) is 2.61. The molecule has 0 aliphatic rings. The third kappa shape index (κ3) is 1.24. The molecule has 0 unspecified atom stereocenters. The van der Waals surface area contributed by atoms with Gasteiger partial charge in [0.25, 0.3) is 0 Å². The zero-order valence-corrected chi connectivity index (χ0v) is 7.42. The molecule has 0 aliphatic carbocycles. The summed E-state index contributed by atoms with van der Waals surface area (Å²) < 4.78 is 0. The number of benzene rings is 1. The first-order chi connectivity index (χ1) is 6.33. The first-order valence-electron chi connectivity index (χ1n) is 3.76. The van der Waals surface area contributed by atoms with Crippen LogP contribution in [-0.2, 0) is 0 Å². The molecule has 1 heterocycles. The molecular formula is C10H5ClN2. The molecule has 62 valence electrons. The highest BCUT2D eigenvalue weighted by atomic mass is 35.5. The number of hydrogen-bond donors (Lipinski definition) is 0. The van der Waals surface area contributed by atoms with E-state index in [2.05, 4.69) is 4.98 Å². The molecule has 0 spiro atoms. The van der Waals surface area contributed by atoms with Gasteiger partial charge in [0.2, 0.25) is 0 Å². The van der Waals surface area contributed by atoms with Gasteiger partial charge in [0.1, 0.15) is 11.8 Å². The lowest BCUT2D eigenvalue weighted by Crippen LogP contribution is -1.84. The maximum atomic E-state index is 8.77. The summed E-state index contributed by atoms with van der Waals surface area (Å²) in [5, 5.41) is 11.1. The zero-order chi connectivity index (χ0) is 9.26. The van der Waals surface area contributed by atoms with Gasteiger partial charge in [-0.2, -0.15) is 5.26 Å². The summed E-state index contributed by atoms with van der Waals surface area (Å²) >= 11 is 5.95. The van der Waals surface area contributed by atoms with Crippen LogP contribution in [0, 0.1) is 11.3 Å². The lowest BCUT2D eigenvalue weighted by atomic mass is 10.1. The van der Waals surface area contributed by atoms with E-state index < -0.39 is 0 Å². The van der Waals surface area contributed by atoms with Gasteiger partial charge in [0.15, 0.2) is 0 Å². The second kappa shape index (κ2) is 3.04. The van der Waals surface area contributed by atoms with Crippen molar-refractivity contribution in [2.45, 2.75) is 0 Å². The van der Waals surface area contributed by atoms with E-state index in [0.29, 0.717) is 10.7 Å². The van der Waals surface area contributed by atoms with Crippen molar-refractivity contribution in [3.05, 3.63) is 41.2 Å². The highest BCUT2D eigenvalue weighted by molar-refractivity contribution is 6.35. The van der Waals surface area contributed by atoms with E-state index in [-0.39, 0.29) is 0 Å². The minimum Gasteiger partial charge on any atom is -0.245 e. The standard InChI is InChI=1S/C10H5ClN2/c11-9-3-1-2-8-7(9)4-5-13-10(8)6-12/h1-5H. The van der Waals surface area contributed by atoms with E-state index >= 15 is 0 Å². The highest BCUT2D eigenvalue weighted by Gasteiger charge is 2.02. The fourth-order valence-corrected chi connectivity index (χ4v) is 1.50. The van der Waals surface area contributed by atoms with E-state index in [1.54, 1.807) is 18.3 Å². The van der Waals surface area contributed by atoms with Gasteiger partial charge in [-0.3, -0.25) is 0 Å². The Morgan fingerprint density at radius 1 is 1.23 bits per heavy atom. The van der Waals surface area contributed by atoms with Gasteiger partial charge < -0.3 is 0 Å². The van der Waals surface area contributed by atoms with E-state index in [1.165, 1.54) is 0 Å². The van der Waals surface area contributed by atoms with Crippen molar-refractivity contribution in [1.29, 1.82) is 5.26 Å². The molecule has 3 heteroatoms. The van der Waals surface area contributed by atoms with Crippen molar-refractivity contribution in [2.24, 2.45) is 0 Å². The molecule has 1 aromatic carbocycles. The van der Waals surface area contributed by atoms with Crippen molar-refractivity contribution in [1.82, 2.24) is 4.98 Å². The topological polar surface area (TPSA) is 36.7 Å². The van der Waals surface area contributed by atoms with Crippen LogP contribution in [0.1, 0.15) is 5.69 Å². The van der Waals surface area contributed by atoms with Gasteiger partial charge in [-0.15, -0.1) is 0 Å². The zero-order valence-electron chi connectivity index (χ0n) is 6.66. The minimum atomic E-state index is 0.417. The van der Waals surface area contributed by atoms with Gasteiger partial charge in [0, 0.05) is 22.0 Å². The first-order valence-corrected chi connectivity index (χ1v) is 4.14. The van der Waals surface area contributed by atoms with Gasteiger partial charge in [-0.1, -0.05) is 23.7 Å². The number of aromatic nitrogens is 1. The molecule has 2 nitrogen and oxygen atoms in total. The van der Waals surface area contributed by atoms with Crippen LogP contribution in [0.15, 0.2) is 30.5 Å². The molecule has 13 heavy (non-hydrogen) atoms. The lowest BCUT2D eigenvalue weighted by Gasteiger charge is -1.99. The van der Waals surface area contributed by atoms with Gasteiger partial charge >= 0.3 is 0 Å². The number of nitriles is 1. The Bertz CT molecular complexity index is 500. The van der Waals surface area contributed by atoms with Gasteiger partial charge in [-0.05, 0) is 12.1 Å². The number of rotatable bonds is 0. The largest absolute Gasteiger partial charge is 0.245 e. The van der Waals surface area contributed by atoms with Gasteiger partial charge in [-0.25, -0.2) is 4.98 Å². The Labute approximate surface area is 80.4 Å². The van der Waals surface area contributed by atoms with E-state index in [1.807, 2.05) is 18.2 Å². The molecule has 0 atom stereocenters. The second-order valence-corrected chi connectivity index (χ2v) is 3.01. The lowest BCUT2D eigenvalue weighted by molar-refractivity contribution is 1.30. The van der Waals surface area contributed by atoms with Crippen LogP contribution >= 0.6 is 11.6 Å². The normalized spacial score (nSPS) is 9.85. The van der Waals surface area contributed by atoms with Crippen LogP contribution in [-0.4, -0.2) is 4.98 Å². The molecule has 0 fully saturated rings. The predicted octanol–water partition coefficient (Wildman–Crippen LogP) is 2.76. The molecule has 0 radical (unpaired) electrons. The summed E-state index contributed by atoms with van der Waals surface area (Å²) in [6.45, 7) is 0. The van der Waals surface area contributed by atoms with Crippen LogP contribution in [0.5, 0.6) is 0 Å². The minimum absolute atomic E-state index is 0.417. The average molecular weight is 189 g/mol. The maximum absolute atomic E-state index is 8.77. The van der Waals surface area contributed by atoms with Crippen molar-refractivity contribution in [3.8, 4) is 6.07 Å². The fourth-order valence-electron chi connectivity index (χ4n) is 1.26. The molecule has 1 aromatic heterocycles. The summed E-state index contributed by atoms with van der Waals surface area (Å²) in [5.41, 5.74) is 0.417. The molecule has 0 bridgehead atoms. The van der Waals surface area contributed by atoms with E-state index in [9.17, 15) is 0 Å². The Hall–Kier alpha value is -1.59. The number of hydrogen-bond acceptors (Lipinski definition) is 2. The smallest absolute Gasteiger partial charge is 0.148 e. The Morgan fingerprint density at radius 3 is 2.85 bits per heavy atom. The summed E-state index contributed by atoms with van der Waals surface area (Å²) in [6, 6.07) is 9.28. The van der Waals surface area contributed by atoms with Crippen molar-refractivity contribution in [3.63, 3.8) is 0 Å². The van der Waals surface area contributed by atoms with Crippen LogP contribution in [0.25, 0.3) is 10.8 Å². The molecule has 2 aromatic rings. The highest BCUT2D eigenvalue weighted by Crippen LogP contribution is 2.23. The number of pyridine rings is 1. The predicted molar refractivity (Wildman–Crippen MR) is 51.5 cm³/mol. The number of nitrogens with zero attached hydrogens (tertiary/aromatic N) is 2. The van der Waals surface area contributed by atoms with E-state index in [0.717, 1.165) is 10.8 Å². The van der Waals surface area contributed by atoms with E-state index in [4.69, 9.17) is 16.9 Å². The Morgan fingerprint density at radius 2 is 2.08 bits per heavy atom. The summed E-state index contributed by atoms with van der Waals surface area (Å²) in [7, 11) is 0. The Balaban J connectivity index is 2.94. The van der Waals surface area contributed by atoms with Crippen molar-refractivity contribution >= 4 is 22.4 Å². The molecular weight excluding hydrogens is 184 g/mol. The molecule has 0 N–H and O–H groups in total. The first kappa shape index (κ1) is 8.03. The van der Waals surface area contributed by atoms with Gasteiger partial charge in [0.05, 0.1) is 0 Å². The SMILES string of the molecule is N#Cc1nccc2c(Cl)cccc12. The summed E-state index contributed by atoms with van der Waals surface area (Å²) in [5.74, 6) is 0. The Kier molecular flexibility index (Phi) is 1.88. The fraction of sp³-hybridized carbons (Fsp3) is 0. The number of fused-ring (bicyclic) bond motifs is 1. The molecule has 0 aliphatic heterocycles. The molecule has 0 amide bonds. The van der Waals surface area contributed by atoms with Crippen molar-refractivity contribution < 1.29 is 0 Å². The monoisotopic (exact) mass is 188 g/mol. The van der Waals surface area contributed by atoms with Crippen LogP contribution in [0.4, 0.5) is 0 Å². The quantitative estimate of drug-likeness (QED) is 0.638. The number of halogens is 1. The third-order valence-corrected chi connectivity index (χ3v) is 2.19. The van der Waals surface area contributed by atoms with Crippen LogP contribution in [0.3, 0.4) is 0 Å².